The molecule has 0 saturated heterocycles. The van der Waals surface area contributed by atoms with E-state index in [-0.39, 0.29) is 23.3 Å². The molecular weight excluding hydrogens is 586 g/mol. The van der Waals surface area contributed by atoms with Crippen LogP contribution in [0.3, 0.4) is 0 Å². The molecule has 0 atom stereocenters. The number of thioether (sulfide) groups is 1. The number of anilines is 2. The maximum atomic E-state index is 13.2. The van der Waals surface area contributed by atoms with Crippen LogP contribution >= 0.6 is 27.7 Å². The first kappa shape index (κ1) is 28.9. The van der Waals surface area contributed by atoms with Crippen LogP contribution in [0.1, 0.15) is 27.0 Å². The molecule has 0 aliphatic carbocycles. The zero-order chi connectivity index (χ0) is 28.5. The van der Waals surface area contributed by atoms with E-state index in [9.17, 15) is 14.4 Å². The average molecular weight is 615 g/mol. The van der Waals surface area contributed by atoms with Crippen LogP contribution in [-0.4, -0.2) is 23.5 Å². The summed E-state index contributed by atoms with van der Waals surface area (Å²) in [6, 6.07) is 29.3. The summed E-state index contributed by atoms with van der Waals surface area (Å²) >= 11 is 4.81. The minimum Gasteiger partial charge on any atom is -0.325 e. The van der Waals surface area contributed by atoms with Crippen LogP contribution in [-0.2, 0) is 9.59 Å². The summed E-state index contributed by atoms with van der Waals surface area (Å²) in [6.07, 6.45) is 1.63. The monoisotopic (exact) mass is 613 g/mol. The van der Waals surface area contributed by atoms with Crippen molar-refractivity contribution in [1.82, 2.24) is 5.32 Å². The Balaban J connectivity index is 1.40. The largest absolute Gasteiger partial charge is 0.325 e. The third-order valence-corrected chi connectivity index (χ3v) is 7.40. The van der Waals surface area contributed by atoms with Crippen LogP contribution in [0.4, 0.5) is 11.4 Å². The summed E-state index contributed by atoms with van der Waals surface area (Å²) in [6.45, 7) is 3.95. The highest BCUT2D eigenvalue weighted by Gasteiger charge is 2.15. The number of rotatable bonds is 9. The zero-order valence-electron chi connectivity index (χ0n) is 22.0. The average Bonchev–Trinajstić information content (AvgIpc) is 2.96. The molecule has 0 bridgehead atoms. The van der Waals surface area contributed by atoms with Crippen molar-refractivity contribution in [2.75, 3.05) is 16.4 Å². The van der Waals surface area contributed by atoms with Crippen molar-refractivity contribution in [3.05, 3.63) is 129 Å². The van der Waals surface area contributed by atoms with E-state index in [1.54, 1.807) is 42.5 Å². The number of hydrogen-bond acceptors (Lipinski definition) is 4. The van der Waals surface area contributed by atoms with Gasteiger partial charge in [0.05, 0.1) is 5.75 Å². The predicted molar refractivity (Wildman–Crippen MR) is 166 cm³/mol. The van der Waals surface area contributed by atoms with Gasteiger partial charge in [-0.3, -0.25) is 14.4 Å². The standard InChI is InChI=1S/C32H28BrN3O3S/c1-21-8-9-22(2)28(18-21)35-30(37)20-40-27-16-14-26(15-17-27)34-32(39)29(19-23-10-12-25(33)13-11-23)36-31(38)24-6-4-3-5-7-24/h3-19H,20H2,1-2H3,(H,34,39)(H,35,37)(H,36,38)/b29-19-. The molecule has 4 aromatic rings. The van der Waals surface area contributed by atoms with Crippen LogP contribution in [0.15, 0.2) is 112 Å². The minimum atomic E-state index is -0.458. The lowest BCUT2D eigenvalue weighted by Gasteiger charge is -2.12. The van der Waals surface area contributed by atoms with Crippen LogP contribution < -0.4 is 16.0 Å². The number of halogens is 1. The van der Waals surface area contributed by atoms with E-state index < -0.39 is 5.91 Å². The fraction of sp³-hybridized carbons (Fsp3) is 0.0938. The van der Waals surface area contributed by atoms with Gasteiger partial charge in [-0.25, -0.2) is 0 Å². The number of hydrogen-bond donors (Lipinski definition) is 3. The molecule has 3 amide bonds. The third kappa shape index (κ3) is 8.43. The van der Waals surface area contributed by atoms with Crippen molar-refractivity contribution < 1.29 is 14.4 Å². The van der Waals surface area contributed by atoms with Gasteiger partial charge < -0.3 is 16.0 Å². The van der Waals surface area contributed by atoms with E-state index in [0.29, 0.717) is 11.3 Å². The lowest BCUT2D eigenvalue weighted by molar-refractivity contribution is -0.114. The first-order chi connectivity index (χ1) is 19.3. The van der Waals surface area contributed by atoms with Crippen molar-refractivity contribution >= 4 is 62.9 Å². The minimum absolute atomic E-state index is 0.0899. The number of benzene rings is 4. The van der Waals surface area contributed by atoms with Crippen molar-refractivity contribution in [3.8, 4) is 0 Å². The first-order valence-corrected chi connectivity index (χ1v) is 14.3. The van der Waals surface area contributed by atoms with Gasteiger partial charge in [0.1, 0.15) is 5.70 Å². The summed E-state index contributed by atoms with van der Waals surface area (Å²) in [5.74, 6) is -0.677. The van der Waals surface area contributed by atoms with Gasteiger partial charge in [0, 0.05) is 26.3 Å². The normalized spacial score (nSPS) is 11.0. The summed E-state index contributed by atoms with van der Waals surface area (Å²) in [5, 5.41) is 8.55. The van der Waals surface area contributed by atoms with Crippen molar-refractivity contribution in [2.45, 2.75) is 18.7 Å². The molecule has 0 radical (unpaired) electrons. The van der Waals surface area contributed by atoms with Gasteiger partial charge in [0.25, 0.3) is 11.8 Å². The second-order valence-corrected chi connectivity index (χ2v) is 11.0. The Morgan fingerprint density at radius 2 is 1.52 bits per heavy atom. The molecule has 0 aliphatic heterocycles. The Hall–Kier alpha value is -4.14. The van der Waals surface area contributed by atoms with E-state index in [1.165, 1.54) is 11.8 Å². The summed E-state index contributed by atoms with van der Waals surface area (Å²) < 4.78 is 0.907. The molecule has 0 aliphatic rings. The van der Waals surface area contributed by atoms with Crippen LogP contribution in [0.25, 0.3) is 6.08 Å². The van der Waals surface area contributed by atoms with Gasteiger partial charge in [-0.05, 0) is 91.2 Å². The number of carbonyl (C=O) groups excluding carboxylic acids is 3. The Kier molecular flexibility index (Phi) is 9.94. The highest BCUT2D eigenvalue weighted by Crippen LogP contribution is 2.22. The smallest absolute Gasteiger partial charge is 0.272 e. The lowest BCUT2D eigenvalue weighted by Crippen LogP contribution is -2.30. The molecule has 202 valence electrons. The fourth-order valence-corrected chi connectivity index (χ4v) is 4.67. The maximum Gasteiger partial charge on any atom is 0.272 e. The van der Waals surface area contributed by atoms with Gasteiger partial charge in [0.15, 0.2) is 0 Å². The Morgan fingerprint density at radius 1 is 0.825 bits per heavy atom. The van der Waals surface area contributed by atoms with Gasteiger partial charge in [-0.1, -0.05) is 58.4 Å². The molecule has 6 nitrogen and oxygen atoms in total. The van der Waals surface area contributed by atoms with E-state index >= 15 is 0 Å². The first-order valence-electron chi connectivity index (χ1n) is 12.5. The van der Waals surface area contributed by atoms with E-state index in [0.717, 1.165) is 31.7 Å². The molecular formula is C32H28BrN3O3S. The molecule has 0 saturated carbocycles. The fourth-order valence-electron chi connectivity index (χ4n) is 3.71. The topological polar surface area (TPSA) is 87.3 Å². The highest BCUT2D eigenvalue weighted by molar-refractivity contribution is 9.10. The summed E-state index contributed by atoms with van der Waals surface area (Å²) in [5.41, 5.74) is 4.78. The molecule has 0 fully saturated rings. The van der Waals surface area contributed by atoms with Gasteiger partial charge in [-0.2, -0.15) is 0 Å². The third-order valence-electron chi connectivity index (χ3n) is 5.86. The van der Waals surface area contributed by atoms with Crippen molar-refractivity contribution in [1.29, 1.82) is 0 Å². The van der Waals surface area contributed by atoms with Crippen LogP contribution in [0, 0.1) is 13.8 Å². The van der Waals surface area contributed by atoms with E-state index in [1.807, 2.05) is 74.5 Å². The molecule has 0 aromatic heterocycles. The Morgan fingerprint density at radius 3 is 2.23 bits per heavy atom. The molecule has 4 aromatic carbocycles. The van der Waals surface area contributed by atoms with Crippen LogP contribution in [0.2, 0.25) is 0 Å². The molecule has 40 heavy (non-hydrogen) atoms. The summed E-state index contributed by atoms with van der Waals surface area (Å²) in [4.78, 5) is 39.4. The van der Waals surface area contributed by atoms with Crippen molar-refractivity contribution in [2.24, 2.45) is 0 Å². The maximum absolute atomic E-state index is 13.2. The van der Waals surface area contributed by atoms with Gasteiger partial charge in [0.2, 0.25) is 5.91 Å². The molecule has 0 unspecified atom stereocenters. The number of nitrogens with one attached hydrogen (secondary N) is 3. The molecule has 3 N–H and O–H groups in total. The lowest BCUT2D eigenvalue weighted by atomic mass is 10.1. The predicted octanol–water partition coefficient (Wildman–Crippen LogP) is 7.21. The SMILES string of the molecule is Cc1ccc(C)c(NC(=O)CSc2ccc(NC(=O)/C(=C/c3ccc(Br)cc3)NC(=O)c3ccccc3)cc2)c1. The second kappa shape index (κ2) is 13.8. The quantitative estimate of drug-likeness (QED) is 0.137. The van der Waals surface area contributed by atoms with Gasteiger partial charge in [-0.15, -0.1) is 11.8 Å². The highest BCUT2D eigenvalue weighted by atomic mass is 79.9. The Bertz CT molecular complexity index is 1540. The molecule has 4 rings (SSSR count). The Labute approximate surface area is 246 Å². The number of amides is 3. The van der Waals surface area contributed by atoms with E-state index in [2.05, 4.69) is 31.9 Å². The molecule has 0 spiro atoms. The zero-order valence-corrected chi connectivity index (χ0v) is 24.4. The van der Waals surface area contributed by atoms with Gasteiger partial charge >= 0.3 is 0 Å². The molecule has 0 heterocycles. The number of aryl methyl sites for hydroxylation is 2. The van der Waals surface area contributed by atoms with E-state index in [4.69, 9.17) is 0 Å². The van der Waals surface area contributed by atoms with Crippen molar-refractivity contribution in [3.63, 3.8) is 0 Å². The second-order valence-electron chi connectivity index (χ2n) is 9.06. The number of carbonyl (C=O) groups is 3. The summed E-state index contributed by atoms with van der Waals surface area (Å²) in [7, 11) is 0. The molecule has 8 heteroatoms. The van der Waals surface area contributed by atoms with Crippen LogP contribution in [0.5, 0.6) is 0 Å².